The summed E-state index contributed by atoms with van der Waals surface area (Å²) in [7, 11) is 0. The molecule has 4 heteroatoms. The summed E-state index contributed by atoms with van der Waals surface area (Å²) >= 11 is 3.64. The van der Waals surface area contributed by atoms with Gasteiger partial charge in [0.05, 0.1) is 6.61 Å². The molecular weight excluding hydrogens is 316 g/mol. The van der Waals surface area contributed by atoms with Crippen molar-refractivity contribution < 1.29 is 5.11 Å². The summed E-state index contributed by atoms with van der Waals surface area (Å²) in [6.07, 6.45) is 2.18. The zero-order chi connectivity index (χ0) is 14.8. The van der Waals surface area contributed by atoms with Gasteiger partial charge in [0.2, 0.25) is 0 Å². The molecule has 0 amide bonds. The van der Waals surface area contributed by atoms with Crippen LogP contribution in [0, 0.1) is 0 Å². The van der Waals surface area contributed by atoms with Crippen LogP contribution in [0.1, 0.15) is 38.3 Å². The second kappa shape index (κ2) is 10.3. The summed E-state index contributed by atoms with van der Waals surface area (Å²) in [4.78, 5) is 2.33. The standard InChI is InChI=1S/C16H27BrN2O/c1-3-10-19(12-13-20)11-9-16(18-4-2)14-7-5-6-8-15(14)17/h5-8,16,18,20H,3-4,9-13H2,1-2H3. The monoisotopic (exact) mass is 342 g/mol. The van der Waals surface area contributed by atoms with Crippen LogP contribution in [-0.4, -0.2) is 42.8 Å². The van der Waals surface area contributed by atoms with Crippen LogP contribution >= 0.6 is 15.9 Å². The summed E-state index contributed by atoms with van der Waals surface area (Å²) in [6.45, 7) is 8.34. The van der Waals surface area contributed by atoms with Gasteiger partial charge in [0.25, 0.3) is 0 Å². The minimum atomic E-state index is 0.237. The molecule has 0 bridgehead atoms. The van der Waals surface area contributed by atoms with Crippen molar-refractivity contribution in [2.24, 2.45) is 0 Å². The maximum atomic E-state index is 9.13. The maximum absolute atomic E-state index is 9.13. The number of hydrogen-bond donors (Lipinski definition) is 2. The molecule has 114 valence electrons. The molecule has 0 aromatic heterocycles. The molecule has 1 atom stereocenters. The highest BCUT2D eigenvalue weighted by Crippen LogP contribution is 2.25. The quantitative estimate of drug-likeness (QED) is 0.685. The first-order valence-electron chi connectivity index (χ1n) is 7.53. The molecular formula is C16H27BrN2O. The number of rotatable bonds is 10. The van der Waals surface area contributed by atoms with Crippen molar-refractivity contribution in [3.05, 3.63) is 34.3 Å². The van der Waals surface area contributed by atoms with Gasteiger partial charge in [0, 0.05) is 23.6 Å². The van der Waals surface area contributed by atoms with Gasteiger partial charge in [-0.05, 0) is 37.6 Å². The van der Waals surface area contributed by atoms with Crippen LogP contribution in [0.3, 0.4) is 0 Å². The molecule has 0 aliphatic heterocycles. The van der Waals surface area contributed by atoms with Gasteiger partial charge in [0.1, 0.15) is 0 Å². The smallest absolute Gasteiger partial charge is 0.0558 e. The SMILES string of the molecule is CCCN(CCO)CCC(NCC)c1ccccc1Br. The Hall–Kier alpha value is -0.420. The zero-order valence-corrected chi connectivity index (χ0v) is 14.2. The average Bonchev–Trinajstić information content (AvgIpc) is 2.44. The molecule has 1 aromatic rings. The van der Waals surface area contributed by atoms with E-state index in [9.17, 15) is 0 Å². The minimum absolute atomic E-state index is 0.237. The van der Waals surface area contributed by atoms with E-state index in [4.69, 9.17) is 5.11 Å². The molecule has 0 aliphatic carbocycles. The number of halogens is 1. The van der Waals surface area contributed by atoms with Crippen LogP contribution in [0.15, 0.2) is 28.7 Å². The van der Waals surface area contributed by atoms with Gasteiger partial charge in [-0.25, -0.2) is 0 Å². The Balaban J connectivity index is 2.65. The Kier molecular flexibility index (Phi) is 9.10. The fraction of sp³-hybridized carbons (Fsp3) is 0.625. The third-order valence-electron chi connectivity index (χ3n) is 3.42. The van der Waals surface area contributed by atoms with Crippen molar-refractivity contribution in [2.45, 2.75) is 32.7 Å². The molecule has 1 unspecified atom stereocenters. The Bertz CT molecular complexity index is 367. The highest BCUT2D eigenvalue weighted by atomic mass is 79.9. The van der Waals surface area contributed by atoms with Gasteiger partial charge >= 0.3 is 0 Å². The first-order chi connectivity index (χ1) is 9.72. The third kappa shape index (κ3) is 5.92. The fourth-order valence-electron chi connectivity index (χ4n) is 2.48. The Morgan fingerprint density at radius 2 is 1.95 bits per heavy atom. The number of aliphatic hydroxyl groups is 1. The topological polar surface area (TPSA) is 35.5 Å². The molecule has 0 saturated carbocycles. The summed E-state index contributed by atoms with van der Waals surface area (Å²) in [6, 6.07) is 8.76. The molecule has 0 saturated heterocycles. The van der Waals surface area contributed by atoms with Crippen molar-refractivity contribution in [2.75, 3.05) is 32.8 Å². The first kappa shape index (κ1) is 17.6. The van der Waals surface area contributed by atoms with Crippen LogP contribution < -0.4 is 5.32 Å². The summed E-state index contributed by atoms with van der Waals surface area (Å²) < 4.78 is 1.16. The molecule has 2 N–H and O–H groups in total. The van der Waals surface area contributed by atoms with E-state index in [1.54, 1.807) is 0 Å². The van der Waals surface area contributed by atoms with Crippen LogP contribution in [-0.2, 0) is 0 Å². The van der Waals surface area contributed by atoms with Crippen molar-refractivity contribution in [3.63, 3.8) is 0 Å². The van der Waals surface area contributed by atoms with Gasteiger partial charge < -0.3 is 15.3 Å². The summed E-state index contributed by atoms with van der Waals surface area (Å²) in [5.74, 6) is 0. The van der Waals surface area contributed by atoms with Crippen LogP contribution in [0.4, 0.5) is 0 Å². The molecule has 0 radical (unpaired) electrons. The van der Waals surface area contributed by atoms with Gasteiger partial charge in [-0.3, -0.25) is 0 Å². The van der Waals surface area contributed by atoms with E-state index in [-0.39, 0.29) is 6.61 Å². The van der Waals surface area contributed by atoms with Gasteiger partial charge in [-0.15, -0.1) is 0 Å². The lowest BCUT2D eigenvalue weighted by Crippen LogP contribution is -2.32. The number of nitrogens with one attached hydrogen (secondary N) is 1. The molecule has 0 heterocycles. The molecule has 0 spiro atoms. The zero-order valence-electron chi connectivity index (χ0n) is 12.6. The normalized spacial score (nSPS) is 12.8. The average molecular weight is 343 g/mol. The molecule has 1 aromatic carbocycles. The van der Waals surface area contributed by atoms with E-state index in [2.05, 4.69) is 58.2 Å². The van der Waals surface area contributed by atoms with Crippen LogP contribution in [0.25, 0.3) is 0 Å². The van der Waals surface area contributed by atoms with E-state index in [0.717, 1.165) is 43.5 Å². The maximum Gasteiger partial charge on any atom is 0.0558 e. The van der Waals surface area contributed by atoms with Crippen molar-refractivity contribution >= 4 is 15.9 Å². The Labute approximate surface area is 131 Å². The Morgan fingerprint density at radius 3 is 2.55 bits per heavy atom. The predicted molar refractivity (Wildman–Crippen MR) is 89.0 cm³/mol. The molecule has 1 rings (SSSR count). The lowest BCUT2D eigenvalue weighted by Gasteiger charge is -2.25. The molecule has 20 heavy (non-hydrogen) atoms. The molecule has 0 fully saturated rings. The molecule has 3 nitrogen and oxygen atoms in total. The summed E-state index contributed by atoms with van der Waals surface area (Å²) in [5.41, 5.74) is 1.31. The van der Waals surface area contributed by atoms with E-state index in [1.165, 1.54) is 5.56 Å². The minimum Gasteiger partial charge on any atom is -0.395 e. The number of aliphatic hydroxyl groups excluding tert-OH is 1. The molecule has 0 aliphatic rings. The van der Waals surface area contributed by atoms with Gasteiger partial charge in [-0.2, -0.15) is 0 Å². The van der Waals surface area contributed by atoms with Crippen molar-refractivity contribution in [1.29, 1.82) is 0 Å². The number of benzene rings is 1. The van der Waals surface area contributed by atoms with Crippen LogP contribution in [0.5, 0.6) is 0 Å². The van der Waals surface area contributed by atoms with Crippen LogP contribution in [0.2, 0.25) is 0 Å². The first-order valence-corrected chi connectivity index (χ1v) is 8.33. The van der Waals surface area contributed by atoms with E-state index < -0.39 is 0 Å². The fourth-order valence-corrected chi connectivity index (χ4v) is 3.04. The van der Waals surface area contributed by atoms with Gasteiger partial charge in [-0.1, -0.05) is 48.0 Å². The summed E-state index contributed by atoms with van der Waals surface area (Å²) in [5, 5.41) is 12.7. The second-order valence-electron chi connectivity index (χ2n) is 4.99. The van der Waals surface area contributed by atoms with Crippen molar-refractivity contribution in [1.82, 2.24) is 10.2 Å². The Morgan fingerprint density at radius 1 is 1.20 bits per heavy atom. The second-order valence-corrected chi connectivity index (χ2v) is 5.84. The predicted octanol–water partition coefficient (Wildman–Crippen LogP) is 3.19. The number of nitrogens with zero attached hydrogens (tertiary/aromatic N) is 1. The highest BCUT2D eigenvalue weighted by Gasteiger charge is 2.14. The van der Waals surface area contributed by atoms with E-state index >= 15 is 0 Å². The van der Waals surface area contributed by atoms with E-state index in [1.807, 2.05) is 6.07 Å². The van der Waals surface area contributed by atoms with E-state index in [0.29, 0.717) is 6.04 Å². The van der Waals surface area contributed by atoms with Gasteiger partial charge in [0.15, 0.2) is 0 Å². The lowest BCUT2D eigenvalue weighted by atomic mass is 10.0. The van der Waals surface area contributed by atoms with Crippen molar-refractivity contribution in [3.8, 4) is 0 Å². The third-order valence-corrected chi connectivity index (χ3v) is 4.14. The highest BCUT2D eigenvalue weighted by molar-refractivity contribution is 9.10. The number of hydrogen-bond acceptors (Lipinski definition) is 3. The lowest BCUT2D eigenvalue weighted by molar-refractivity contribution is 0.189. The largest absolute Gasteiger partial charge is 0.395 e.